The number of nitrogens with zero attached hydrogens (tertiary/aromatic N) is 2. The van der Waals surface area contributed by atoms with E-state index in [9.17, 15) is 17.6 Å². The van der Waals surface area contributed by atoms with E-state index in [1.54, 1.807) is 19.1 Å². The summed E-state index contributed by atoms with van der Waals surface area (Å²) >= 11 is 1.35. The molecule has 3 aromatic rings. The standard InChI is InChI=1S/C22H22FN3O3S2/c1-14-20(21(27)25-31(2,28)29)24-22(30-14)26(13-15-8-10-17(23)11-9-15)19-12-18(19)16-6-4-3-5-7-16/h3-11,18-19H,12-13H2,1-2H3,(H,25,27). The van der Waals surface area contributed by atoms with Crippen molar-refractivity contribution < 1.29 is 17.6 Å². The van der Waals surface area contributed by atoms with Crippen molar-refractivity contribution in [3.8, 4) is 0 Å². The van der Waals surface area contributed by atoms with Gasteiger partial charge in [0.1, 0.15) is 11.5 Å². The summed E-state index contributed by atoms with van der Waals surface area (Å²) in [5.41, 5.74) is 2.27. The maximum Gasteiger partial charge on any atom is 0.284 e. The number of benzene rings is 2. The van der Waals surface area contributed by atoms with Gasteiger partial charge in [-0.3, -0.25) is 4.79 Å². The van der Waals surface area contributed by atoms with Crippen LogP contribution in [0.15, 0.2) is 54.6 Å². The van der Waals surface area contributed by atoms with Crippen LogP contribution < -0.4 is 9.62 Å². The van der Waals surface area contributed by atoms with Crippen LogP contribution in [0.3, 0.4) is 0 Å². The molecule has 6 nitrogen and oxygen atoms in total. The van der Waals surface area contributed by atoms with Crippen molar-refractivity contribution in [2.75, 3.05) is 11.2 Å². The molecule has 31 heavy (non-hydrogen) atoms. The zero-order valence-corrected chi connectivity index (χ0v) is 18.7. The van der Waals surface area contributed by atoms with Gasteiger partial charge in [-0.25, -0.2) is 22.5 Å². The first-order valence-corrected chi connectivity index (χ1v) is 12.5. The molecule has 2 aromatic carbocycles. The van der Waals surface area contributed by atoms with Crippen LogP contribution in [0.1, 0.15) is 38.8 Å². The maximum atomic E-state index is 13.4. The lowest BCUT2D eigenvalue weighted by Crippen LogP contribution is -2.30. The van der Waals surface area contributed by atoms with Crippen molar-refractivity contribution in [1.29, 1.82) is 0 Å². The van der Waals surface area contributed by atoms with Gasteiger partial charge in [0, 0.05) is 23.4 Å². The molecule has 1 aliphatic carbocycles. The number of hydrogen-bond donors (Lipinski definition) is 1. The lowest BCUT2D eigenvalue weighted by molar-refractivity contribution is 0.0977. The van der Waals surface area contributed by atoms with E-state index in [-0.39, 0.29) is 17.6 Å². The number of anilines is 1. The van der Waals surface area contributed by atoms with Gasteiger partial charge in [0.2, 0.25) is 10.0 Å². The minimum absolute atomic E-state index is 0.103. The molecule has 1 aromatic heterocycles. The Morgan fingerprint density at radius 1 is 1.19 bits per heavy atom. The van der Waals surface area contributed by atoms with Crippen LogP contribution in [0.4, 0.5) is 9.52 Å². The summed E-state index contributed by atoms with van der Waals surface area (Å²) in [6.07, 6.45) is 1.87. The first-order chi connectivity index (χ1) is 14.7. The number of carbonyl (C=O) groups is 1. The molecule has 1 heterocycles. The molecule has 1 fully saturated rings. The fourth-order valence-corrected chi connectivity index (χ4v) is 5.03. The number of carbonyl (C=O) groups excluding carboxylic acids is 1. The predicted octanol–water partition coefficient (Wildman–Crippen LogP) is 3.84. The van der Waals surface area contributed by atoms with Gasteiger partial charge in [-0.1, -0.05) is 42.5 Å². The van der Waals surface area contributed by atoms with Gasteiger partial charge in [0.15, 0.2) is 5.13 Å². The van der Waals surface area contributed by atoms with Crippen molar-refractivity contribution in [2.24, 2.45) is 0 Å². The van der Waals surface area contributed by atoms with Crippen molar-refractivity contribution in [1.82, 2.24) is 9.71 Å². The molecule has 0 bridgehead atoms. The molecule has 2 atom stereocenters. The fourth-order valence-electron chi connectivity index (χ4n) is 3.63. The zero-order chi connectivity index (χ0) is 22.2. The van der Waals surface area contributed by atoms with Crippen LogP contribution >= 0.6 is 11.3 Å². The number of nitrogens with one attached hydrogen (secondary N) is 1. The Labute approximate surface area is 184 Å². The molecule has 2 unspecified atom stereocenters. The molecule has 1 aliphatic rings. The number of amides is 1. The van der Waals surface area contributed by atoms with Crippen LogP contribution in [-0.4, -0.2) is 31.6 Å². The molecule has 0 aliphatic heterocycles. The van der Waals surface area contributed by atoms with Crippen molar-refractivity contribution in [2.45, 2.75) is 31.8 Å². The Kier molecular flexibility index (Phi) is 5.81. The van der Waals surface area contributed by atoms with Crippen molar-refractivity contribution >= 4 is 32.4 Å². The summed E-state index contributed by atoms with van der Waals surface area (Å²) in [7, 11) is -3.68. The molecule has 0 radical (unpaired) electrons. The van der Waals surface area contributed by atoms with E-state index >= 15 is 0 Å². The van der Waals surface area contributed by atoms with Gasteiger partial charge >= 0.3 is 0 Å². The summed E-state index contributed by atoms with van der Waals surface area (Å²) in [5.74, 6) is -0.701. The van der Waals surface area contributed by atoms with Crippen LogP contribution in [0.25, 0.3) is 0 Å². The van der Waals surface area contributed by atoms with Gasteiger partial charge in [-0.15, -0.1) is 11.3 Å². The molecule has 0 spiro atoms. The Hall–Kier alpha value is -2.78. The number of thiazole rings is 1. The molecule has 0 saturated heterocycles. The Bertz CT molecular complexity index is 1190. The Balaban J connectivity index is 1.64. The topological polar surface area (TPSA) is 79.4 Å². The highest BCUT2D eigenvalue weighted by Gasteiger charge is 2.44. The second-order valence-corrected chi connectivity index (χ2v) is 10.6. The monoisotopic (exact) mass is 459 g/mol. The number of sulfonamides is 1. The van der Waals surface area contributed by atoms with E-state index in [1.807, 2.05) is 22.9 Å². The van der Waals surface area contributed by atoms with E-state index in [2.05, 4.69) is 22.0 Å². The molecule has 162 valence electrons. The van der Waals surface area contributed by atoms with E-state index in [0.717, 1.165) is 18.2 Å². The van der Waals surface area contributed by atoms with E-state index in [1.165, 1.54) is 29.0 Å². The molecular formula is C22H22FN3O3S2. The van der Waals surface area contributed by atoms with Crippen LogP contribution in [0.5, 0.6) is 0 Å². The van der Waals surface area contributed by atoms with E-state index in [0.29, 0.717) is 22.5 Å². The Morgan fingerprint density at radius 2 is 1.87 bits per heavy atom. The summed E-state index contributed by atoms with van der Waals surface area (Å²) in [6, 6.07) is 16.7. The summed E-state index contributed by atoms with van der Waals surface area (Å²) in [4.78, 5) is 19.6. The second-order valence-electron chi connectivity index (χ2n) is 7.68. The molecule has 1 N–H and O–H groups in total. The highest BCUT2D eigenvalue weighted by molar-refractivity contribution is 7.89. The first-order valence-electron chi connectivity index (χ1n) is 9.77. The summed E-state index contributed by atoms with van der Waals surface area (Å²) in [6.45, 7) is 2.25. The minimum Gasteiger partial charge on any atom is -0.340 e. The SMILES string of the molecule is Cc1sc(N(Cc2ccc(F)cc2)C2CC2c2ccccc2)nc1C(=O)NS(C)(=O)=O. The molecule has 1 amide bonds. The van der Waals surface area contributed by atoms with E-state index < -0.39 is 15.9 Å². The molecular weight excluding hydrogens is 437 g/mol. The van der Waals surface area contributed by atoms with Gasteiger partial charge in [0.25, 0.3) is 5.91 Å². The number of halogens is 1. The lowest BCUT2D eigenvalue weighted by atomic mass is 10.1. The van der Waals surface area contributed by atoms with Crippen LogP contribution in [-0.2, 0) is 16.6 Å². The van der Waals surface area contributed by atoms with E-state index in [4.69, 9.17) is 0 Å². The minimum atomic E-state index is -3.68. The maximum absolute atomic E-state index is 13.4. The molecule has 4 rings (SSSR count). The number of aromatic nitrogens is 1. The van der Waals surface area contributed by atoms with Gasteiger partial charge < -0.3 is 4.90 Å². The normalized spacial score (nSPS) is 17.9. The number of hydrogen-bond acceptors (Lipinski definition) is 6. The van der Waals surface area contributed by atoms with Crippen molar-refractivity contribution in [3.05, 3.63) is 82.1 Å². The van der Waals surface area contributed by atoms with Crippen LogP contribution in [0.2, 0.25) is 0 Å². The van der Waals surface area contributed by atoms with Crippen molar-refractivity contribution in [3.63, 3.8) is 0 Å². The third-order valence-electron chi connectivity index (χ3n) is 5.18. The lowest BCUT2D eigenvalue weighted by Gasteiger charge is -2.23. The largest absolute Gasteiger partial charge is 0.340 e. The number of aryl methyl sites for hydroxylation is 1. The quantitative estimate of drug-likeness (QED) is 0.581. The third kappa shape index (κ3) is 5.11. The highest BCUT2D eigenvalue weighted by atomic mass is 32.2. The first kappa shape index (κ1) is 21.5. The third-order valence-corrected chi connectivity index (χ3v) is 6.74. The average molecular weight is 460 g/mol. The second kappa shape index (κ2) is 8.39. The Morgan fingerprint density at radius 3 is 2.52 bits per heavy atom. The number of rotatable bonds is 7. The van der Waals surface area contributed by atoms with Gasteiger partial charge in [0.05, 0.1) is 6.26 Å². The van der Waals surface area contributed by atoms with Gasteiger partial charge in [-0.05, 0) is 36.6 Å². The summed E-state index contributed by atoms with van der Waals surface area (Å²) in [5, 5.41) is 0.643. The predicted molar refractivity (Wildman–Crippen MR) is 119 cm³/mol. The smallest absolute Gasteiger partial charge is 0.284 e. The zero-order valence-electron chi connectivity index (χ0n) is 17.1. The van der Waals surface area contributed by atoms with Crippen LogP contribution in [0, 0.1) is 12.7 Å². The highest BCUT2D eigenvalue weighted by Crippen LogP contribution is 2.47. The fraction of sp³-hybridized carbons (Fsp3) is 0.273. The van der Waals surface area contributed by atoms with Gasteiger partial charge in [-0.2, -0.15) is 0 Å². The molecule has 9 heteroatoms. The average Bonchev–Trinajstić information content (AvgIpc) is 3.41. The molecule has 1 saturated carbocycles. The summed E-state index contributed by atoms with van der Waals surface area (Å²) < 4.78 is 38.3.